The van der Waals surface area contributed by atoms with Crippen LogP contribution in [0, 0.1) is 0 Å². The number of carboxylic acid groups (broad SMARTS) is 1. The number of carboxylic acids is 1. The van der Waals surface area contributed by atoms with Gasteiger partial charge in [0.05, 0.1) is 0 Å². The van der Waals surface area contributed by atoms with Crippen LogP contribution in [0.2, 0.25) is 5.02 Å². The Morgan fingerprint density at radius 3 is 2.48 bits per heavy atom. The van der Waals surface area contributed by atoms with Gasteiger partial charge in [0, 0.05) is 63.7 Å². The van der Waals surface area contributed by atoms with Crippen molar-refractivity contribution in [3.63, 3.8) is 0 Å². The summed E-state index contributed by atoms with van der Waals surface area (Å²) in [6.45, 7) is 0. The summed E-state index contributed by atoms with van der Waals surface area (Å²) in [5.74, 6) is -1.53. The average Bonchev–Trinajstić information content (AvgIpc) is 2.98. The first-order chi connectivity index (χ1) is 11.5. The van der Waals surface area contributed by atoms with Gasteiger partial charge in [0.25, 0.3) is 5.91 Å². The molecule has 7 heteroatoms. The SMILES string of the molecule is O=C(N[C@@H](Cc1c[nH]c2ccccc12)C(=O)O)c1ccc(Cl)cc1.[Na]. The van der Waals surface area contributed by atoms with Crippen LogP contribution in [0.4, 0.5) is 0 Å². The molecule has 0 aliphatic rings. The number of hydrogen-bond donors (Lipinski definition) is 3. The first-order valence-corrected chi connectivity index (χ1v) is 7.76. The Bertz CT molecular complexity index is 893. The molecular weight excluding hydrogens is 351 g/mol. The van der Waals surface area contributed by atoms with E-state index in [9.17, 15) is 14.7 Å². The van der Waals surface area contributed by atoms with E-state index in [1.165, 1.54) is 0 Å². The van der Waals surface area contributed by atoms with Gasteiger partial charge in [0.2, 0.25) is 0 Å². The fourth-order valence-corrected chi connectivity index (χ4v) is 2.69. The van der Waals surface area contributed by atoms with Crippen LogP contribution >= 0.6 is 11.6 Å². The number of hydrogen-bond acceptors (Lipinski definition) is 2. The average molecular weight is 366 g/mol. The Morgan fingerprint density at radius 1 is 1.12 bits per heavy atom. The van der Waals surface area contributed by atoms with Crippen molar-refractivity contribution < 1.29 is 14.7 Å². The number of amides is 1. The van der Waals surface area contributed by atoms with Crippen molar-refractivity contribution in [3.8, 4) is 0 Å². The molecule has 3 rings (SSSR count). The Morgan fingerprint density at radius 2 is 1.80 bits per heavy atom. The standard InChI is InChI=1S/C18H15ClN2O3.Na/c19-13-7-5-11(6-8-13)17(22)21-16(18(23)24)9-12-10-20-15-4-2-1-3-14(12)15;/h1-8,10,16,20H,9H2,(H,21,22)(H,23,24);/t16-;/m0./s1. The number of aliphatic carboxylic acids is 1. The topological polar surface area (TPSA) is 82.2 Å². The van der Waals surface area contributed by atoms with E-state index in [4.69, 9.17) is 11.6 Å². The minimum Gasteiger partial charge on any atom is -0.480 e. The molecule has 1 amide bonds. The second-order valence-corrected chi connectivity index (χ2v) is 5.87. The molecule has 0 aliphatic carbocycles. The van der Waals surface area contributed by atoms with Gasteiger partial charge in [-0.05, 0) is 35.9 Å². The number of aromatic amines is 1. The number of benzene rings is 2. The first kappa shape index (κ1) is 19.5. The van der Waals surface area contributed by atoms with Gasteiger partial charge in [0.15, 0.2) is 0 Å². The Kier molecular flexibility index (Phi) is 6.67. The van der Waals surface area contributed by atoms with E-state index in [0.717, 1.165) is 16.5 Å². The molecule has 0 aliphatic heterocycles. The molecule has 1 radical (unpaired) electrons. The molecule has 0 bridgehead atoms. The van der Waals surface area contributed by atoms with Gasteiger partial charge in [-0.1, -0.05) is 29.8 Å². The molecule has 1 heterocycles. The second-order valence-electron chi connectivity index (χ2n) is 5.43. The molecule has 0 spiro atoms. The van der Waals surface area contributed by atoms with Gasteiger partial charge in [-0.2, -0.15) is 0 Å². The van der Waals surface area contributed by atoms with Crippen molar-refractivity contribution >= 4 is 63.9 Å². The Hall–Kier alpha value is -1.79. The smallest absolute Gasteiger partial charge is 0.326 e. The van der Waals surface area contributed by atoms with Crippen LogP contribution < -0.4 is 5.32 Å². The summed E-state index contributed by atoms with van der Waals surface area (Å²) in [5.41, 5.74) is 2.14. The number of H-pyrrole nitrogens is 1. The van der Waals surface area contributed by atoms with Crippen molar-refractivity contribution in [2.75, 3.05) is 0 Å². The van der Waals surface area contributed by atoms with Gasteiger partial charge in [0.1, 0.15) is 6.04 Å². The number of aromatic nitrogens is 1. The van der Waals surface area contributed by atoms with Crippen molar-refractivity contribution in [1.82, 2.24) is 10.3 Å². The molecule has 0 saturated carbocycles. The molecule has 2 aromatic carbocycles. The van der Waals surface area contributed by atoms with E-state index >= 15 is 0 Å². The summed E-state index contributed by atoms with van der Waals surface area (Å²) in [5, 5.41) is 13.5. The molecule has 0 fully saturated rings. The third kappa shape index (κ3) is 4.64. The maximum atomic E-state index is 12.2. The molecule has 1 aromatic heterocycles. The predicted octanol–water partition coefficient (Wildman–Crippen LogP) is 2.87. The van der Waals surface area contributed by atoms with Crippen LogP contribution in [0.5, 0.6) is 0 Å². The normalized spacial score (nSPS) is 11.6. The zero-order chi connectivity index (χ0) is 17.1. The zero-order valence-corrected chi connectivity index (χ0v) is 16.4. The van der Waals surface area contributed by atoms with E-state index in [1.807, 2.05) is 24.3 Å². The largest absolute Gasteiger partial charge is 0.480 e. The maximum Gasteiger partial charge on any atom is 0.326 e. The van der Waals surface area contributed by atoms with Crippen molar-refractivity contribution in [2.45, 2.75) is 12.5 Å². The van der Waals surface area contributed by atoms with Gasteiger partial charge in [-0.15, -0.1) is 0 Å². The number of fused-ring (bicyclic) bond motifs is 1. The summed E-state index contributed by atoms with van der Waals surface area (Å²) in [7, 11) is 0. The summed E-state index contributed by atoms with van der Waals surface area (Å²) in [4.78, 5) is 26.9. The second kappa shape index (κ2) is 8.54. The maximum absolute atomic E-state index is 12.2. The van der Waals surface area contributed by atoms with Crippen LogP contribution in [0.3, 0.4) is 0 Å². The quantitative estimate of drug-likeness (QED) is 0.608. The molecule has 3 aromatic rings. The van der Waals surface area contributed by atoms with Crippen LogP contribution in [0.25, 0.3) is 10.9 Å². The number of nitrogens with one attached hydrogen (secondary N) is 2. The van der Waals surface area contributed by atoms with Gasteiger partial charge < -0.3 is 15.4 Å². The van der Waals surface area contributed by atoms with E-state index in [-0.39, 0.29) is 36.0 Å². The Labute approximate surface area is 171 Å². The number of rotatable bonds is 5. The van der Waals surface area contributed by atoms with Crippen LogP contribution in [-0.2, 0) is 11.2 Å². The monoisotopic (exact) mass is 365 g/mol. The van der Waals surface area contributed by atoms with Crippen LogP contribution in [0.15, 0.2) is 54.7 Å². The third-order valence-electron chi connectivity index (χ3n) is 3.81. The first-order valence-electron chi connectivity index (χ1n) is 7.39. The van der Waals surface area contributed by atoms with Gasteiger partial charge in [-0.3, -0.25) is 4.79 Å². The molecule has 3 N–H and O–H groups in total. The third-order valence-corrected chi connectivity index (χ3v) is 4.06. The Balaban J connectivity index is 0.00000225. The number of carbonyl (C=O) groups is 2. The van der Waals surface area contributed by atoms with E-state index in [2.05, 4.69) is 10.3 Å². The summed E-state index contributed by atoms with van der Waals surface area (Å²) < 4.78 is 0. The number of halogens is 1. The zero-order valence-electron chi connectivity index (χ0n) is 13.6. The van der Waals surface area contributed by atoms with Gasteiger partial charge in [-0.25, -0.2) is 4.79 Å². The van der Waals surface area contributed by atoms with Crippen LogP contribution in [0.1, 0.15) is 15.9 Å². The fourth-order valence-electron chi connectivity index (χ4n) is 2.56. The van der Waals surface area contributed by atoms with E-state index in [1.54, 1.807) is 30.5 Å². The van der Waals surface area contributed by atoms with Crippen LogP contribution in [-0.4, -0.2) is 57.6 Å². The molecule has 123 valence electrons. The van der Waals surface area contributed by atoms with Crippen molar-refractivity contribution in [2.24, 2.45) is 0 Å². The minimum atomic E-state index is -1.08. The number of para-hydroxylation sites is 1. The van der Waals surface area contributed by atoms with E-state index in [0.29, 0.717) is 10.6 Å². The van der Waals surface area contributed by atoms with Crippen molar-refractivity contribution in [1.29, 1.82) is 0 Å². The molecule has 0 unspecified atom stereocenters. The van der Waals surface area contributed by atoms with Crippen molar-refractivity contribution in [3.05, 3.63) is 70.9 Å². The molecule has 25 heavy (non-hydrogen) atoms. The summed E-state index contributed by atoms with van der Waals surface area (Å²) in [6.07, 6.45) is 1.97. The number of carbonyl (C=O) groups excluding carboxylic acids is 1. The molecule has 0 saturated heterocycles. The summed E-state index contributed by atoms with van der Waals surface area (Å²) in [6, 6.07) is 12.9. The molecule has 1 atom stereocenters. The van der Waals surface area contributed by atoms with Gasteiger partial charge >= 0.3 is 5.97 Å². The molecular formula is C18H15ClN2NaO3. The van der Waals surface area contributed by atoms with E-state index < -0.39 is 17.9 Å². The predicted molar refractivity (Wildman–Crippen MR) is 98.1 cm³/mol. The molecule has 5 nitrogen and oxygen atoms in total. The minimum absolute atomic E-state index is 0. The fraction of sp³-hybridized carbons (Fsp3) is 0.111. The summed E-state index contributed by atoms with van der Waals surface area (Å²) >= 11 is 5.79.